The van der Waals surface area contributed by atoms with Gasteiger partial charge < -0.3 is 4.90 Å². The fraction of sp³-hybridized carbons (Fsp3) is 1.00. The molecule has 0 aliphatic carbocycles. The summed E-state index contributed by atoms with van der Waals surface area (Å²) < 4.78 is 0. The van der Waals surface area contributed by atoms with Crippen LogP contribution in [0, 0.1) is 5.92 Å². The molecule has 0 unspecified atom stereocenters. The molecule has 4 heteroatoms. The van der Waals surface area contributed by atoms with Crippen LogP contribution in [0.25, 0.3) is 10.4 Å². The van der Waals surface area contributed by atoms with Crippen molar-refractivity contribution in [1.82, 2.24) is 4.90 Å². The van der Waals surface area contributed by atoms with Crippen molar-refractivity contribution in [3.05, 3.63) is 10.4 Å². The van der Waals surface area contributed by atoms with E-state index in [1.165, 1.54) is 12.8 Å². The molecular weight excluding hydrogens is 188 g/mol. The lowest BCUT2D eigenvalue weighted by Gasteiger charge is -2.31. The maximum atomic E-state index is 8.25. The molecule has 88 valence electrons. The van der Waals surface area contributed by atoms with E-state index in [0.29, 0.717) is 18.5 Å². The molecule has 0 aromatic carbocycles. The van der Waals surface area contributed by atoms with E-state index >= 15 is 0 Å². The SMILES string of the molecule is CCC(CC)N(CCN=[N+]=[N-])CC(C)C. The van der Waals surface area contributed by atoms with Crippen molar-refractivity contribution in [3.8, 4) is 0 Å². The van der Waals surface area contributed by atoms with E-state index in [9.17, 15) is 0 Å². The van der Waals surface area contributed by atoms with Crippen LogP contribution in [0.3, 0.4) is 0 Å². The van der Waals surface area contributed by atoms with Gasteiger partial charge in [-0.3, -0.25) is 0 Å². The maximum Gasteiger partial charge on any atom is 0.0385 e. The molecule has 0 aromatic rings. The van der Waals surface area contributed by atoms with E-state index in [1.807, 2.05) is 0 Å². The van der Waals surface area contributed by atoms with Crippen LogP contribution in [0.5, 0.6) is 0 Å². The Morgan fingerprint density at radius 1 is 1.27 bits per heavy atom. The third-order valence-electron chi connectivity index (χ3n) is 2.61. The Bertz CT molecular complexity index is 193. The second-order valence-electron chi connectivity index (χ2n) is 4.31. The lowest BCUT2D eigenvalue weighted by Crippen LogP contribution is -2.38. The third-order valence-corrected chi connectivity index (χ3v) is 2.61. The molecule has 0 radical (unpaired) electrons. The molecule has 0 amide bonds. The number of azide groups is 1. The van der Waals surface area contributed by atoms with Gasteiger partial charge in [-0.2, -0.15) is 0 Å². The summed E-state index contributed by atoms with van der Waals surface area (Å²) in [4.78, 5) is 5.24. The number of nitrogens with zero attached hydrogens (tertiary/aromatic N) is 4. The lowest BCUT2D eigenvalue weighted by atomic mass is 10.1. The summed E-state index contributed by atoms with van der Waals surface area (Å²) in [5.74, 6) is 0.664. The minimum absolute atomic E-state index is 0.583. The highest BCUT2D eigenvalue weighted by Crippen LogP contribution is 2.10. The molecule has 0 N–H and O–H groups in total. The van der Waals surface area contributed by atoms with Crippen LogP contribution >= 0.6 is 0 Å². The summed E-state index contributed by atoms with van der Waals surface area (Å²) >= 11 is 0. The van der Waals surface area contributed by atoms with Crippen molar-refractivity contribution in [2.24, 2.45) is 11.0 Å². The Morgan fingerprint density at radius 2 is 1.87 bits per heavy atom. The van der Waals surface area contributed by atoms with Gasteiger partial charge in [-0.15, -0.1) is 0 Å². The normalized spacial score (nSPS) is 11.1. The first-order valence-electron chi connectivity index (χ1n) is 5.90. The molecule has 0 fully saturated rings. The largest absolute Gasteiger partial charge is 0.300 e. The minimum Gasteiger partial charge on any atom is -0.300 e. The van der Waals surface area contributed by atoms with Gasteiger partial charge in [-0.05, 0) is 24.3 Å². The number of hydrogen-bond donors (Lipinski definition) is 0. The molecule has 0 heterocycles. The average Bonchev–Trinajstić information content (AvgIpc) is 2.19. The Balaban J connectivity index is 4.20. The first-order valence-corrected chi connectivity index (χ1v) is 5.90. The van der Waals surface area contributed by atoms with E-state index in [2.05, 4.69) is 42.6 Å². The zero-order valence-electron chi connectivity index (χ0n) is 10.5. The van der Waals surface area contributed by atoms with Crippen LogP contribution in [0.1, 0.15) is 40.5 Å². The predicted octanol–water partition coefficient (Wildman–Crippen LogP) is 3.44. The molecule has 0 spiro atoms. The van der Waals surface area contributed by atoms with Crippen molar-refractivity contribution < 1.29 is 0 Å². The summed E-state index contributed by atoms with van der Waals surface area (Å²) in [6, 6.07) is 0.626. The summed E-state index contributed by atoms with van der Waals surface area (Å²) in [7, 11) is 0. The highest BCUT2D eigenvalue weighted by atomic mass is 15.2. The van der Waals surface area contributed by atoms with Crippen molar-refractivity contribution in [2.45, 2.75) is 46.6 Å². The fourth-order valence-electron chi connectivity index (χ4n) is 1.91. The van der Waals surface area contributed by atoms with Gasteiger partial charge in [0, 0.05) is 30.6 Å². The second kappa shape index (κ2) is 8.57. The number of hydrogen-bond acceptors (Lipinski definition) is 2. The van der Waals surface area contributed by atoms with Gasteiger partial charge in [0.1, 0.15) is 0 Å². The summed E-state index contributed by atoms with van der Waals surface area (Å²) in [6.07, 6.45) is 2.33. The minimum atomic E-state index is 0.583. The van der Waals surface area contributed by atoms with E-state index in [1.54, 1.807) is 0 Å². The van der Waals surface area contributed by atoms with E-state index in [4.69, 9.17) is 5.53 Å². The van der Waals surface area contributed by atoms with Gasteiger partial charge in [-0.1, -0.05) is 32.8 Å². The predicted molar refractivity (Wildman–Crippen MR) is 64.8 cm³/mol. The Hall–Kier alpha value is -0.730. The summed E-state index contributed by atoms with van der Waals surface area (Å²) in [6.45, 7) is 11.4. The first-order chi connectivity index (χ1) is 7.15. The highest BCUT2D eigenvalue weighted by Gasteiger charge is 2.15. The molecule has 15 heavy (non-hydrogen) atoms. The quantitative estimate of drug-likeness (QED) is 0.345. The van der Waals surface area contributed by atoms with Crippen LogP contribution in [-0.4, -0.2) is 30.6 Å². The van der Waals surface area contributed by atoms with Crippen LogP contribution in [-0.2, 0) is 0 Å². The van der Waals surface area contributed by atoms with Gasteiger partial charge in [0.2, 0.25) is 0 Å². The third kappa shape index (κ3) is 6.37. The van der Waals surface area contributed by atoms with Crippen molar-refractivity contribution in [3.63, 3.8) is 0 Å². The van der Waals surface area contributed by atoms with E-state index < -0.39 is 0 Å². The van der Waals surface area contributed by atoms with E-state index in [-0.39, 0.29) is 0 Å². The van der Waals surface area contributed by atoms with E-state index in [0.717, 1.165) is 13.1 Å². The molecular formula is C11H24N4. The Kier molecular flexibility index (Phi) is 8.15. The summed E-state index contributed by atoms with van der Waals surface area (Å²) in [5, 5.41) is 3.61. The van der Waals surface area contributed by atoms with Gasteiger partial charge in [0.05, 0.1) is 0 Å². The monoisotopic (exact) mass is 212 g/mol. The zero-order valence-corrected chi connectivity index (χ0v) is 10.5. The second-order valence-corrected chi connectivity index (χ2v) is 4.31. The Labute approximate surface area is 93.3 Å². The average molecular weight is 212 g/mol. The highest BCUT2D eigenvalue weighted by molar-refractivity contribution is 4.71. The molecule has 0 atom stereocenters. The standard InChI is InChI=1S/C11H24N4/c1-5-11(6-2)15(9-10(3)4)8-7-13-14-12/h10-11H,5-9H2,1-4H3. The van der Waals surface area contributed by atoms with Crippen molar-refractivity contribution in [1.29, 1.82) is 0 Å². The van der Waals surface area contributed by atoms with Gasteiger partial charge in [-0.25, -0.2) is 0 Å². The first kappa shape index (κ1) is 14.3. The molecule has 0 rings (SSSR count). The van der Waals surface area contributed by atoms with Gasteiger partial charge in [0.25, 0.3) is 0 Å². The van der Waals surface area contributed by atoms with Crippen molar-refractivity contribution in [2.75, 3.05) is 19.6 Å². The van der Waals surface area contributed by atoms with Crippen LogP contribution in [0.15, 0.2) is 5.11 Å². The molecule has 0 bridgehead atoms. The lowest BCUT2D eigenvalue weighted by molar-refractivity contribution is 0.171. The van der Waals surface area contributed by atoms with Crippen molar-refractivity contribution >= 4 is 0 Å². The topological polar surface area (TPSA) is 52.0 Å². The molecule has 0 aromatic heterocycles. The van der Waals surface area contributed by atoms with Crippen LogP contribution in [0.2, 0.25) is 0 Å². The molecule has 0 saturated carbocycles. The summed E-state index contributed by atoms with van der Waals surface area (Å²) in [5.41, 5.74) is 8.25. The molecule has 0 saturated heterocycles. The molecule has 0 aliphatic heterocycles. The number of rotatable bonds is 8. The molecule has 4 nitrogen and oxygen atoms in total. The zero-order chi connectivity index (χ0) is 11.7. The Morgan fingerprint density at radius 3 is 2.27 bits per heavy atom. The van der Waals surface area contributed by atoms with Gasteiger partial charge >= 0.3 is 0 Å². The van der Waals surface area contributed by atoms with Crippen LogP contribution in [0.4, 0.5) is 0 Å². The maximum absolute atomic E-state index is 8.25. The molecule has 0 aliphatic rings. The van der Waals surface area contributed by atoms with Crippen LogP contribution < -0.4 is 0 Å². The van der Waals surface area contributed by atoms with Gasteiger partial charge in [0.15, 0.2) is 0 Å². The smallest absolute Gasteiger partial charge is 0.0385 e. The fourth-order valence-corrected chi connectivity index (χ4v) is 1.91.